The minimum Gasteiger partial charge on any atom is -0.484 e. The molecule has 0 unspecified atom stereocenters. The summed E-state index contributed by atoms with van der Waals surface area (Å²) >= 11 is 0. The number of anilines is 1. The van der Waals surface area contributed by atoms with E-state index in [-0.39, 0.29) is 12.5 Å². The third-order valence-electron chi connectivity index (χ3n) is 3.91. The molecule has 1 aliphatic rings. The van der Waals surface area contributed by atoms with E-state index in [0.29, 0.717) is 17.6 Å². The highest BCUT2D eigenvalue weighted by atomic mass is 16.5. The van der Waals surface area contributed by atoms with Gasteiger partial charge in [0.1, 0.15) is 5.75 Å². The predicted octanol–water partition coefficient (Wildman–Crippen LogP) is 3.13. The lowest BCUT2D eigenvalue weighted by Gasteiger charge is -2.16. The Labute approximate surface area is 129 Å². The van der Waals surface area contributed by atoms with Gasteiger partial charge in [0.2, 0.25) is 5.88 Å². The van der Waals surface area contributed by atoms with Crippen LogP contribution in [-0.2, 0) is 17.6 Å². The van der Waals surface area contributed by atoms with Crippen LogP contribution in [0, 0.1) is 12.8 Å². The molecule has 1 aromatic carbocycles. The summed E-state index contributed by atoms with van der Waals surface area (Å²) in [6, 6.07) is 7.61. The second-order valence-electron chi connectivity index (χ2n) is 5.94. The molecule has 1 atom stereocenters. The molecule has 0 saturated carbocycles. The summed E-state index contributed by atoms with van der Waals surface area (Å²) in [6.45, 7) is 4.13. The largest absolute Gasteiger partial charge is 0.484 e. The van der Waals surface area contributed by atoms with Gasteiger partial charge in [-0.15, -0.1) is 0 Å². The van der Waals surface area contributed by atoms with E-state index in [4.69, 9.17) is 9.26 Å². The summed E-state index contributed by atoms with van der Waals surface area (Å²) in [7, 11) is 0. The summed E-state index contributed by atoms with van der Waals surface area (Å²) in [5, 5.41) is 6.81. The van der Waals surface area contributed by atoms with Crippen LogP contribution < -0.4 is 10.1 Å². The first kappa shape index (κ1) is 14.6. The molecule has 1 N–H and O–H groups in total. The van der Waals surface area contributed by atoms with Crippen molar-refractivity contribution in [3.8, 4) is 5.75 Å². The van der Waals surface area contributed by atoms with Crippen molar-refractivity contribution < 1.29 is 14.1 Å². The second-order valence-corrected chi connectivity index (χ2v) is 5.94. The molecule has 0 radical (unpaired) electrons. The quantitative estimate of drug-likeness (QED) is 0.942. The lowest BCUT2D eigenvalue weighted by molar-refractivity contribution is -0.118. The summed E-state index contributed by atoms with van der Waals surface area (Å²) in [6.07, 6.45) is 2.92. The van der Waals surface area contributed by atoms with E-state index in [1.165, 1.54) is 0 Å². The standard InChI is InChI=1S/C17H20N2O3/c1-11-4-3-5-13(8-11)21-10-16(20)18-17-14-9-12(2)6-7-15(14)19-22-17/h3-5,8,12H,6-7,9-10H2,1-2H3,(H,18,20)/t12-/m1/s1. The lowest BCUT2D eigenvalue weighted by atomic mass is 9.89. The number of amides is 1. The van der Waals surface area contributed by atoms with Crippen LogP contribution in [0.2, 0.25) is 0 Å². The fourth-order valence-electron chi connectivity index (χ4n) is 2.70. The van der Waals surface area contributed by atoms with Gasteiger partial charge in [-0.05, 0) is 49.8 Å². The molecule has 1 aromatic heterocycles. The van der Waals surface area contributed by atoms with Crippen LogP contribution in [0.25, 0.3) is 0 Å². The minimum atomic E-state index is -0.237. The Kier molecular flexibility index (Phi) is 4.13. The van der Waals surface area contributed by atoms with Gasteiger partial charge in [0, 0.05) is 5.56 Å². The number of nitrogens with zero attached hydrogens (tertiary/aromatic N) is 1. The van der Waals surface area contributed by atoms with Crippen LogP contribution in [0.1, 0.15) is 30.2 Å². The van der Waals surface area contributed by atoms with E-state index >= 15 is 0 Å². The number of nitrogens with one attached hydrogen (secondary N) is 1. The van der Waals surface area contributed by atoms with Gasteiger partial charge in [-0.25, -0.2) is 0 Å². The van der Waals surface area contributed by atoms with Crippen molar-refractivity contribution in [2.75, 3.05) is 11.9 Å². The van der Waals surface area contributed by atoms with E-state index in [1.54, 1.807) is 0 Å². The molecule has 22 heavy (non-hydrogen) atoms. The van der Waals surface area contributed by atoms with Crippen LogP contribution in [0.4, 0.5) is 5.88 Å². The van der Waals surface area contributed by atoms with Crippen LogP contribution in [0.15, 0.2) is 28.8 Å². The topological polar surface area (TPSA) is 64.4 Å². The van der Waals surface area contributed by atoms with Crippen molar-refractivity contribution in [3.05, 3.63) is 41.1 Å². The van der Waals surface area contributed by atoms with Crippen molar-refractivity contribution in [1.82, 2.24) is 5.16 Å². The molecule has 3 rings (SSSR count). The fourth-order valence-corrected chi connectivity index (χ4v) is 2.70. The SMILES string of the molecule is Cc1cccc(OCC(=O)Nc2onc3c2C[C@H](C)CC3)c1. The molecule has 116 valence electrons. The first-order valence-electron chi connectivity index (χ1n) is 7.58. The van der Waals surface area contributed by atoms with Crippen molar-refractivity contribution >= 4 is 11.8 Å². The molecular formula is C17H20N2O3. The summed E-state index contributed by atoms with van der Waals surface area (Å²) in [4.78, 5) is 12.0. The zero-order valence-corrected chi connectivity index (χ0v) is 12.9. The van der Waals surface area contributed by atoms with Gasteiger partial charge in [-0.1, -0.05) is 24.2 Å². The molecule has 1 amide bonds. The molecule has 1 aliphatic carbocycles. The average molecular weight is 300 g/mol. The van der Waals surface area contributed by atoms with Crippen LogP contribution in [0.3, 0.4) is 0 Å². The van der Waals surface area contributed by atoms with Crippen molar-refractivity contribution in [3.63, 3.8) is 0 Å². The Morgan fingerprint density at radius 3 is 3.18 bits per heavy atom. The number of aryl methyl sites for hydroxylation is 2. The number of ether oxygens (including phenoxy) is 1. The summed E-state index contributed by atoms with van der Waals surface area (Å²) in [5.41, 5.74) is 3.09. The third kappa shape index (κ3) is 3.30. The van der Waals surface area contributed by atoms with Gasteiger partial charge in [-0.2, -0.15) is 0 Å². The maximum atomic E-state index is 12.0. The lowest BCUT2D eigenvalue weighted by Crippen LogP contribution is -2.21. The van der Waals surface area contributed by atoms with E-state index in [9.17, 15) is 4.79 Å². The predicted molar refractivity (Wildman–Crippen MR) is 83.0 cm³/mol. The number of aromatic nitrogens is 1. The summed E-state index contributed by atoms with van der Waals surface area (Å²) < 4.78 is 10.8. The Morgan fingerprint density at radius 2 is 2.36 bits per heavy atom. The Hall–Kier alpha value is -2.30. The maximum Gasteiger partial charge on any atom is 0.264 e. The zero-order chi connectivity index (χ0) is 15.5. The number of fused-ring (bicyclic) bond motifs is 1. The molecular weight excluding hydrogens is 280 g/mol. The van der Waals surface area contributed by atoms with Crippen molar-refractivity contribution in [2.45, 2.75) is 33.1 Å². The van der Waals surface area contributed by atoms with Gasteiger partial charge >= 0.3 is 0 Å². The second kappa shape index (κ2) is 6.22. The first-order valence-corrected chi connectivity index (χ1v) is 7.58. The Bertz CT molecular complexity index is 678. The molecule has 1 heterocycles. The maximum absolute atomic E-state index is 12.0. The molecule has 5 heteroatoms. The Morgan fingerprint density at radius 1 is 1.50 bits per heavy atom. The highest BCUT2D eigenvalue weighted by molar-refractivity contribution is 5.91. The average Bonchev–Trinajstić information content (AvgIpc) is 2.88. The van der Waals surface area contributed by atoms with E-state index in [0.717, 1.165) is 36.1 Å². The molecule has 0 aliphatic heterocycles. The number of carbonyl (C=O) groups excluding carboxylic acids is 1. The molecule has 0 bridgehead atoms. The van der Waals surface area contributed by atoms with Gasteiger partial charge < -0.3 is 9.26 Å². The number of benzene rings is 1. The Balaban J connectivity index is 1.59. The van der Waals surface area contributed by atoms with E-state index in [2.05, 4.69) is 17.4 Å². The van der Waals surface area contributed by atoms with Crippen molar-refractivity contribution in [1.29, 1.82) is 0 Å². The minimum absolute atomic E-state index is 0.0471. The summed E-state index contributed by atoms with van der Waals surface area (Å²) in [5.74, 6) is 1.51. The zero-order valence-electron chi connectivity index (χ0n) is 12.9. The van der Waals surface area contributed by atoms with E-state index < -0.39 is 0 Å². The first-order chi connectivity index (χ1) is 10.6. The smallest absolute Gasteiger partial charge is 0.264 e. The fraction of sp³-hybridized carbons (Fsp3) is 0.412. The molecule has 0 fully saturated rings. The number of carbonyl (C=O) groups is 1. The van der Waals surface area contributed by atoms with Crippen LogP contribution >= 0.6 is 0 Å². The van der Waals surface area contributed by atoms with E-state index in [1.807, 2.05) is 31.2 Å². The molecule has 0 saturated heterocycles. The highest BCUT2D eigenvalue weighted by Gasteiger charge is 2.24. The van der Waals surface area contributed by atoms with Gasteiger partial charge in [0.05, 0.1) is 5.69 Å². The number of hydrogen-bond acceptors (Lipinski definition) is 4. The number of rotatable bonds is 4. The van der Waals surface area contributed by atoms with Gasteiger partial charge in [0.25, 0.3) is 5.91 Å². The molecule has 2 aromatic rings. The highest BCUT2D eigenvalue weighted by Crippen LogP contribution is 2.30. The van der Waals surface area contributed by atoms with Crippen molar-refractivity contribution in [2.24, 2.45) is 5.92 Å². The van der Waals surface area contributed by atoms with Gasteiger partial charge in [-0.3, -0.25) is 10.1 Å². The monoisotopic (exact) mass is 300 g/mol. The molecule has 5 nitrogen and oxygen atoms in total. The normalized spacial score (nSPS) is 16.9. The molecule has 0 spiro atoms. The van der Waals surface area contributed by atoms with Crippen LogP contribution in [0.5, 0.6) is 5.75 Å². The third-order valence-corrected chi connectivity index (χ3v) is 3.91. The number of hydrogen-bond donors (Lipinski definition) is 1. The van der Waals surface area contributed by atoms with Crippen LogP contribution in [-0.4, -0.2) is 17.7 Å². The van der Waals surface area contributed by atoms with Gasteiger partial charge in [0.15, 0.2) is 6.61 Å².